The van der Waals surface area contributed by atoms with Crippen molar-refractivity contribution in [3.8, 4) is 0 Å². The van der Waals surface area contributed by atoms with E-state index in [4.69, 9.17) is 0 Å². The highest BCUT2D eigenvalue weighted by atomic mass is 19.4. The van der Waals surface area contributed by atoms with E-state index in [0.717, 1.165) is 12.2 Å². The van der Waals surface area contributed by atoms with Crippen LogP contribution in [-0.4, -0.2) is 16.1 Å². The van der Waals surface area contributed by atoms with E-state index in [1.54, 1.807) is 0 Å². The molecule has 0 amide bonds. The van der Waals surface area contributed by atoms with Crippen molar-refractivity contribution in [2.24, 2.45) is 17.8 Å². The van der Waals surface area contributed by atoms with Crippen molar-refractivity contribution in [1.29, 1.82) is 0 Å². The van der Waals surface area contributed by atoms with Crippen LogP contribution in [0.2, 0.25) is 0 Å². The van der Waals surface area contributed by atoms with Gasteiger partial charge in [0, 0.05) is 31.7 Å². The van der Waals surface area contributed by atoms with Crippen molar-refractivity contribution >= 4 is 0 Å². The normalized spacial score (nSPS) is 22.7. The molecule has 2 heterocycles. The third-order valence-corrected chi connectivity index (χ3v) is 5.09. The topological polar surface area (TPSA) is 29.9 Å². The summed E-state index contributed by atoms with van der Waals surface area (Å²) in [6.07, 6.45) is 1.08. The summed E-state index contributed by atoms with van der Waals surface area (Å²) in [7, 11) is 0. The molecule has 3 nitrogen and oxygen atoms in total. The smallest absolute Gasteiger partial charge is 0.324 e. The zero-order valence-corrected chi connectivity index (χ0v) is 11.9. The van der Waals surface area contributed by atoms with Crippen LogP contribution in [0, 0.1) is 17.8 Å². The largest absolute Gasteiger partial charge is 0.449 e. The maximum Gasteiger partial charge on any atom is 0.449 e. The molecule has 4 rings (SSSR count). The molecule has 0 spiro atoms. The molecule has 0 bridgehead atoms. The van der Waals surface area contributed by atoms with Crippen LogP contribution in [0.15, 0.2) is 0 Å². The molecule has 1 aromatic rings. The Hall–Kier alpha value is -1.04. The van der Waals surface area contributed by atoms with Crippen LogP contribution in [0.5, 0.6) is 0 Å². The standard InChI is InChI=1S/C15H20F3N3/c16-15(17,18)14-20-12-7-19-6-5-13(12)21(14)8-11(9-1-2-9)10-3-4-10/h9-11,19H,1-8H2. The maximum absolute atomic E-state index is 13.3. The third-order valence-electron chi connectivity index (χ3n) is 5.09. The van der Waals surface area contributed by atoms with Crippen LogP contribution in [0.3, 0.4) is 0 Å². The molecule has 1 aliphatic heterocycles. The van der Waals surface area contributed by atoms with Gasteiger partial charge >= 0.3 is 6.18 Å². The fourth-order valence-electron chi connectivity index (χ4n) is 3.73. The molecule has 2 fully saturated rings. The van der Waals surface area contributed by atoms with Crippen molar-refractivity contribution in [1.82, 2.24) is 14.9 Å². The van der Waals surface area contributed by atoms with Crippen LogP contribution in [0.25, 0.3) is 0 Å². The Balaban J connectivity index is 1.69. The molecule has 1 N–H and O–H groups in total. The monoisotopic (exact) mass is 299 g/mol. The van der Waals surface area contributed by atoms with Gasteiger partial charge in [0.05, 0.1) is 5.69 Å². The summed E-state index contributed by atoms with van der Waals surface area (Å²) in [4.78, 5) is 3.91. The highest BCUT2D eigenvalue weighted by Crippen LogP contribution is 2.50. The van der Waals surface area contributed by atoms with Gasteiger partial charge in [0.15, 0.2) is 0 Å². The van der Waals surface area contributed by atoms with Gasteiger partial charge in [-0.1, -0.05) is 0 Å². The van der Waals surface area contributed by atoms with Crippen LogP contribution in [0.1, 0.15) is 42.9 Å². The lowest BCUT2D eigenvalue weighted by atomic mass is 9.97. The number of nitrogens with one attached hydrogen (secondary N) is 1. The number of imidazole rings is 1. The Morgan fingerprint density at radius 1 is 1.19 bits per heavy atom. The Bertz CT molecular complexity index is 529. The van der Waals surface area contributed by atoms with Gasteiger partial charge in [0.1, 0.15) is 0 Å². The summed E-state index contributed by atoms with van der Waals surface area (Å²) in [5.74, 6) is 1.05. The lowest BCUT2D eigenvalue weighted by Gasteiger charge is -2.22. The fourth-order valence-corrected chi connectivity index (χ4v) is 3.73. The van der Waals surface area contributed by atoms with Gasteiger partial charge in [-0.25, -0.2) is 4.98 Å². The average molecular weight is 299 g/mol. The quantitative estimate of drug-likeness (QED) is 0.926. The number of aromatic nitrogens is 2. The zero-order chi connectivity index (χ0) is 14.6. The van der Waals surface area contributed by atoms with Crippen molar-refractivity contribution in [2.75, 3.05) is 6.54 Å². The number of alkyl halides is 3. The van der Waals surface area contributed by atoms with E-state index >= 15 is 0 Å². The molecule has 0 atom stereocenters. The van der Waals surface area contributed by atoms with Crippen LogP contribution >= 0.6 is 0 Å². The summed E-state index contributed by atoms with van der Waals surface area (Å²) < 4.78 is 41.5. The van der Waals surface area contributed by atoms with Gasteiger partial charge in [0.2, 0.25) is 5.82 Å². The lowest BCUT2D eigenvalue weighted by molar-refractivity contribution is -0.147. The van der Waals surface area contributed by atoms with E-state index in [2.05, 4.69) is 10.3 Å². The molecule has 0 radical (unpaired) electrons. The molecule has 2 aliphatic carbocycles. The minimum Gasteiger partial charge on any atom is -0.324 e. The predicted octanol–water partition coefficient (Wildman–Crippen LogP) is 2.98. The second-order valence-corrected chi connectivity index (χ2v) is 6.70. The highest BCUT2D eigenvalue weighted by Gasteiger charge is 2.44. The van der Waals surface area contributed by atoms with Gasteiger partial charge in [0.25, 0.3) is 0 Å². The van der Waals surface area contributed by atoms with Gasteiger partial charge in [-0.15, -0.1) is 0 Å². The minimum atomic E-state index is -4.35. The first-order valence-electron chi connectivity index (χ1n) is 7.90. The Labute approximate surface area is 121 Å². The predicted molar refractivity (Wildman–Crippen MR) is 71.6 cm³/mol. The first-order chi connectivity index (χ1) is 10.0. The van der Waals surface area contributed by atoms with E-state index in [1.165, 1.54) is 30.3 Å². The zero-order valence-electron chi connectivity index (χ0n) is 11.9. The Kier molecular flexibility index (Phi) is 3.07. The molecule has 3 aliphatic rings. The molecular formula is C15H20F3N3. The highest BCUT2D eigenvalue weighted by molar-refractivity contribution is 5.22. The number of rotatable bonds is 4. The molecule has 2 saturated carbocycles. The van der Waals surface area contributed by atoms with E-state index in [9.17, 15) is 13.2 Å². The van der Waals surface area contributed by atoms with E-state index in [1.807, 2.05) is 0 Å². The fraction of sp³-hybridized carbons (Fsp3) is 0.800. The lowest BCUT2D eigenvalue weighted by Crippen LogP contribution is -2.27. The number of hydrogen-bond donors (Lipinski definition) is 1. The number of nitrogens with zero attached hydrogens (tertiary/aromatic N) is 2. The maximum atomic E-state index is 13.3. The first-order valence-corrected chi connectivity index (χ1v) is 7.90. The minimum absolute atomic E-state index is 0.430. The van der Waals surface area contributed by atoms with Gasteiger partial charge < -0.3 is 9.88 Å². The van der Waals surface area contributed by atoms with Crippen molar-refractivity contribution in [2.45, 2.75) is 51.4 Å². The Morgan fingerprint density at radius 3 is 2.43 bits per heavy atom. The van der Waals surface area contributed by atoms with Gasteiger partial charge in [-0.05, 0) is 43.4 Å². The van der Waals surface area contributed by atoms with Crippen molar-refractivity contribution in [3.63, 3.8) is 0 Å². The molecule has 0 aromatic carbocycles. The van der Waals surface area contributed by atoms with Crippen LogP contribution in [-0.2, 0) is 25.7 Å². The SMILES string of the molecule is FC(F)(F)c1nc2c(n1CC(C1CC1)C1CC1)CCNC2. The molecule has 1 aromatic heterocycles. The summed E-state index contributed by atoms with van der Waals surface area (Å²) in [5, 5.41) is 3.11. The second-order valence-electron chi connectivity index (χ2n) is 6.70. The van der Waals surface area contributed by atoms with Crippen LogP contribution < -0.4 is 5.32 Å². The Morgan fingerprint density at radius 2 is 1.86 bits per heavy atom. The molecule has 0 unspecified atom stereocenters. The van der Waals surface area contributed by atoms with Gasteiger partial charge in [-0.2, -0.15) is 13.2 Å². The van der Waals surface area contributed by atoms with Gasteiger partial charge in [-0.3, -0.25) is 0 Å². The van der Waals surface area contributed by atoms with E-state index in [0.29, 0.717) is 43.0 Å². The summed E-state index contributed by atoms with van der Waals surface area (Å²) in [6.45, 7) is 1.73. The summed E-state index contributed by atoms with van der Waals surface area (Å²) in [6, 6.07) is 0. The number of fused-ring (bicyclic) bond motifs is 1. The molecule has 116 valence electrons. The van der Waals surface area contributed by atoms with E-state index in [-0.39, 0.29) is 0 Å². The molecule has 6 heteroatoms. The first kappa shape index (κ1) is 13.6. The van der Waals surface area contributed by atoms with Crippen molar-refractivity contribution in [3.05, 3.63) is 17.2 Å². The summed E-state index contributed by atoms with van der Waals surface area (Å²) in [5.41, 5.74) is 1.41. The molecule has 0 saturated heterocycles. The van der Waals surface area contributed by atoms with E-state index < -0.39 is 12.0 Å². The number of hydrogen-bond acceptors (Lipinski definition) is 2. The number of halogens is 3. The van der Waals surface area contributed by atoms with Crippen molar-refractivity contribution < 1.29 is 13.2 Å². The average Bonchev–Trinajstić information content (AvgIpc) is 3.32. The third kappa shape index (κ3) is 2.58. The summed E-state index contributed by atoms with van der Waals surface area (Å²) >= 11 is 0. The molecular weight excluding hydrogens is 279 g/mol. The van der Waals surface area contributed by atoms with Crippen LogP contribution in [0.4, 0.5) is 13.2 Å². The molecule has 21 heavy (non-hydrogen) atoms. The second kappa shape index (κ2) is 4.73.